The molecule has 2 saturated carbocycles. The van der Waals surface area contributed by atoms with Gasteiger partial charge in [0.15, 0.2) is 0 Å². The molecule has 27 heavy (non-hydrogen) atoms. The van der Waals surface area contributed by atoms with Gasteiger partial charge in [-0.15, -0.1) is 23.7 Å². The number of thiazole rings is 1. The predicted octanol–water partition coefficient (Wildman–Crippen LogP) is 3.38. The SMILES string of the molecule is CCOC(=O)c1sc(C(C)NC(=O)C2CC3CCCC(C2)C3N)nc1C.Cl. The van der Waals surface area contributed by atoms with Gasteiger partial charge in [-0.1, -0.05) is 6.42 Å². The van der Waals surface area contributed by atoms with Crippen LogP contribution in [0.25, 0.3) is 0 Å². The highest BCUT2D eigenvalue weighted by Gasteiger charge is 2.40. The van der Waals surface area contributed by atoms with E-state index in [9.17, 15) is 9.59 Å². The second-order valence-electron chi connectivity index (χ2n) is 7.61. The molecule has 0 aromatic carbocycles. The highest BCUT2D eigenvalue weighted by molar-refractivity contribution is 7.13. The fourth-order valence-corrected chi connectivity index (χ4v) is 5.35. The van der Waals surface area contributed by atoms with E-state index in [-0.39, 0.29) is 42.3 Å². The van der Waals surface area contributed by atoms with E-state index in [4.69, 9.17) is 10.5 Å². The van der Waals surface area contributed by atoms with E-state index in [1.165, 1.54) is 17.8 Å². The van der Waals surface area contributed by atoms with Gasteiger partial charge in [-0.2, -0.15) is 0 Å². The molecule has 6 nitrogen and oxygen atoms in total. The molecule has 0 saturated heterocycles. The number of nitrogens with zero attached hydrogens (tertiary/aromatic N) is 1. The minimum atomic E-state index is -0.346. The lowest BCUT2D eigenvalue weighted by molar-refractivity contribution is -0.128. The Labute approximate surface area is 171 Å². The number of carbonyl (C=O) groups excluding carboxylic acids is 2. The number of amides is 1. The third-order valence-corrected chi connectivity index (χ3v) is 7.11. The number of nitrogens with two attached hydrogens (primary N) is 1. The van der Waals surface area contributed by atoms with Crippen LogP contribution in [-0.2, 0) is 9.53 Å². The number of hydrogen-bond acceptors (Lipinski definition) is 6. The summed E-state index contributed by atoms with van der Waals surface area (Å²) < 4.78 is 5.06. The van der Waals surface area contributed by atoms with Gasteiger partial charge in [-0.3, -0.25) is 4.79 Å². The maximum absolute atomic E-state index is 12.8. The van der Waals surface area contributed by atoms with E-state index in [2.05, 4.69) is 10.3 Å². The fraction of sp³-hybridized carbons (Fsp3) is 0.737. The number of rotatable bonds is 5. The summed E-state index contributed by atoms with van der Waals surface area (Å²) in [6.07, 6.45) is 5.31. The Morgan fingerprint density at radius 3 is 2.56 bits per heavy atom. The summed E-state index contributed by atoms with van der Waals surface area (Å²) in [6, 6.07) is 0.0452. The Morgan fingerprint density at radius 2 is 1.96 bits per heavy atom. The number of aromatic nitrogens is 1. The van der Waals surface area contributed by atoms with E-state index in [0.717, 1.165) is 30.7 Å². The molecule has 8 heteroatoms. The van der Waals surface area contributed by atoms with Crippen LogP contribution in [-0.4, -0.2) is 29.5 Å². The van der Waals surface area contributed by atoms with Crippen molar-refractivity contribution < 1.29 is 14.3 Å². The van der Waals surface area contributed by atoms with Crippen LogP contribution in [0.15, 0.2) is 0 Å². The van der Waals surface area contributed by atoms with E-state index in [0.29, 0.717) is 29.0 Å². The predicted molar refractivity (Wildman–Crippen MR) is 108 cm³/mol. The quantitative estimate of drug-likeness (QED) is 0.719. The lowest BCUT2D eigenvalue weighted by Gasteiger charge is -2.43. The van der Waals surface area contributed by atoms with Crippen LogP contribution < -0.4 is 11.1 Å². The molecule has 2 aliphatic carbocycles. The average molecular weight is 416 g/mol. The van der Waals surface area contributed by atoms with E-state index in [1.807, 2.05) is 6.92 Å². The third kappa shape index (κ3) is 4.81. The molecule has 1 aromatic heterocycles. The van der Waals surface area contributed by atoms with Crippen molar-refractivity contribution in [1.29, 1.82) is 0 Å². The van der Waals surface area contributed by atoms with Crippen molar-refractivity contribution in [1.82, 2.24) is 10.3 Å². The largest absolute Gasteiger partial charge is 0.462 e. The van der Waals surface area contributed by atoms with Crippen LogP contribution in [0.4, 0.5) is 0 Å². The maximum atomic E-state index is 12.8. The molecular formula is C19H30ClN3O3S. The third-order valence-electron chi connectivity index (χ3n) is 5.79. The van der Waals surface area contributed by atoms with E-state index >= 15 is 0 Å². The Hall–Kier alpha value is -1.18. The molecule has 1 aromatic rings. The Kier molecular flexibility index (Phi) is 7.65. The standard InChI is InChI=1S/C19H29N3O3S.ClH/c1-4-25-19(24)16-10(2)22-18(26-16)11(3)21-17(23)14-8-12-6-5-7-13(9-14)15(12)20;/h11-15H,4-9,20H2,1-3H3,(H,21,23);1H. The van der Waals surface area contributed by atoms with Crippen LogP contribution in [0.1, 0.15) is 72.4 Å². The Balaban J connectivity index is 0.00000261. The van der Waals surface area contributed by atoms with Crippen molar-refractivity contribution in [2.45, 2.75) is 65.0 Å². The molecule has 0 radical (unpaired) electrons. The van der Waals surface area contributed by atoms with E-state index in [1.54, 1.807) is 13.8 Å². The Morgan fingerprint density at radius 1 is 1.33 bits per heavy atom. The first-order valence-electron chi connectivity index (χ1n) is 9.61. The monoisotopic (exact) mass is 415 g/mol. The van der Waals surface area contributed by atoms with Crippen LogP contribution in [0, 0.1) is 24.7 Å². The van der Waals surface area contributed by atoms with Gasteiger partial charge in [0.25, 0.3) is 0 Å². The molecule has 2 bridgehead atoms. The Bertz CT molecular complexity index is 667. The number of nitrogens with one attached hydrogen (secondary N) is 1. The topological polar surface area (TPSA) is 94.3 Å². The first-order valence-corrected chi connectivity index (χ1v) is 10.4. The summed E-state index contributed by atoms with van der Waals surface area (Å²) in [4.78, 5) is 29.7. The second-order valence-corrected chi connectivity index (χ2v) is 8.64. The maximum Gasteiger partial charge on any atom is 0.350 e. The number of esters is 1. The molecule has 0 aliphatic heterocycles. The summed E-state index contributed by atoms with van der Waals surface area (Å²) >= 11 is 1.30. The number of ether oxygens (including phenoxy) is 1. The lowest BCUT2D eigenvalue weighted by Crippen LogP contribution is -2.49. The number of fused-ring (bicyclic) bond motifs is 2. The molecule has 3 unspecified atom stereocenters. The van der Waals surface area contributed by atoms with Gasteiger partial charge in [0.1, 0.15) is 9.88 Å². The van der Waals surface area contributed by atoms with Crippen LogP contribution in [0.5, 0.6) is 0 Å². The van der Waals surface area contributed by atoms with Gasteiger partial charge >= 0.3 is 5.97 Å². The van der Waals surface area contributed by atoms with Gasteiger partial charge in [-0.25, -0.2) is 9.78 Å². The zero-order valence-corrected chi connectivity index (χ0v) is 17.8. The van der Waals surface area contributed by atoms with Gasteiger partial charge < -0.3 is 15.8 Å². The van der Waals surface area contributed by atoms with Crippen LogP contribution >= 0.6 is 23.7 Å². The molecule has 3 N–H and O–H groups in total. The number of aryl methyl sites for hydroxylation is 1. The first-order chi connectivity index (χ1) is 12.4. The highest BCUT2D eigenvalue weighted by atomic mass is 35.5. The van der Waals surface area contributed by atoms with E-state index < -0.39 is 0 Å². The van der Waals surface area contributed by atoms with Crippen molar-refractivity contribution in [3.8, 4) is 0 Å². The highest BCUT2D eigenvalue weighted by Crippen LogP contribution is 2.42. The molecule has 1 amide bonds. The zero-order chi connectivity index (χ0) is 18.8. The van der Waals surface area contributed by atoms with Crippen LogP contribution in [0.2, 0.25) is 0 Å². The van der Waals surface area contributed by atoms with Crippen molar-refractivity contribution >= 4 is 35.6 Å². The summed E-state index contributed by atoms with van der Waals surface area (Å²) in [7, 11) is 0. The number of carbonyl (C=O) groups is 2. The van der Waals surface area contributed by atoms with Crippen molar-refractivity contribution in [3.05, 3.63) is 15.6 Å². The van der Waals surface area contributed by atoms with Gasteiger partial charge in [0.2, 0.25) is 5.91 Å². The fourth-order valence-electron chi connectivity index (χ4n) is 4.38. The minimum absolute atomic E-state index is 0. The van der Waals surface area contributed by atoms with Crippen LogP contribution in [0.3, 0.4) is 0 Å². The number of halogens is 1. The first kappa shape index (κ1) is 22.1. The summed E-state index contributed by atoms with van der Waals surface area (Å²) in [5.41, 5.74) is 6.98. The van der Waals surface area contributed by atoms with Gasteiger partial charge in [0.05, 0.1) is 18.3 Å². The molecule has 3 atom stereocenters. The molecule has 2 fully saturated rings. The van der Waals surface area contributed by atoms with Crippen molar-refractivity contribution in [3.63, 3.8) is 0 Å². The molecule has 152 valence electrons. The molecule has 3 rings (SSSR count). The normalized spacial score (nSPS) is 28.0. The summed E-state index contributed by atoms with van der Waals surface area (Å²) in [5.74, 6) is 0.739. The molecule has 2 aliphatic rings. The summed E-state index contributed by atoms with van der Waals surface area (Å²) in [6.45, 7) is 5.83. The summed E-state index contributed by atoms with van der Waals surface area (Å²) in [5, 5.41) is 3.84. The van der Waals surface area contributed by atoms with Crippen molar-refractivity contribution in [2.75, 3.05) is 6.61 Å². The van der Waals surface area contributed by atoms with Gasteiger partial charge in [0, 0.05) is 12.0 Å². The number of hydrogen-bond donors (Lipinski definition) is 2. The average Bonchev–Trinajstić information content (AvgIpc) is 2.96. The second kappa shape index (κ2) is 9.34. The lowest BCUT2D eigenvalue weighted by atomic mass is 9.65. The molecular weight excluding hydrogens is 386 g/mol. The molecule has 0 spiro atoms. The zero-order valence-electron chi connectivity index (χ0n) is 16.2. The van der Waals surface area contributed by atoms with Gasteiger partial charge in [-0.05, 0) is 58.3 Å². The van der Waals surface area contributed by atoms with Crippen molar-refractivity contribution in [2.24, 2.45) is 23.5 Å². The molecule has 1 heterocycles. The minimum Gasteiger partial charge on any atom is -0.462 e. The smallest absolute Gasteiger partial charge is 0.350 e.